The summed E-state index contributed by atoms with van der Waals surface area (Å²) in [5.74, 6) is -2.67. The smallest absolute Gasteiger partial charge is 0.408 e. The molecule has 5 amide bonds. The quantitative estimate of drug-likeness (QED) is 0.184. The Morgan fingerprint density at radius 1 is 0.935 bits per heavy atom. The normalized spacial score (nSPS) is 29.0. The highest BCUT2D eigenvalue weighted by atomic mass is 32.2. The molecule has 0 radical (unpaired) electrons. The van der Waals surface area contributed by atoms with Gasteiger partial charge in [-0.25, -0.2) is 17.9 Å². The number of nitrogens with zero attached hydrogens (tertiary/aromatic N) is 1. The lowest BCUT2D eigenvalue weighted by Gasteiger charge is -2.38. The number of ether oxygens (including phenoxy) is 2. The average molecular weight is 879 g/mol. The van der Waals surface area contributed by atoms with E-state index in [-0.39, 0.29) is 45.5 Å². The highest BCUT2D eigenvalue weighted by Crippen LogP contribution is 2.88. The van der Waals surface area contributed by atoms with Gasteiger partial charge in [0.25, 0.3) is 15.9 Å². The predicted octanol–water partition coefficient (Wildman–Crippen LogP) is 5.44. The van der Waals surface area contributed by atoms with Crippen LogP contribution in [-0.2, 0) is 38.7 Å². The van der Waals surface area contributed by atoms with E-state index in [0.717, 1.165) is 51.4 Å². The fraction of sp³-hybridized carbons (Fsp3) is 0.717. The maximum absolute atomic E-state index is 15.3. The first kappa shape index (κ1) is 44.4. The molecule has 0 unspecified atom stereocenters. The number of likely N-dealkylation sites (tertiary alicyclic amines) is 1. The Kier molecular flexibility index (Phi) is 11.5. The Morgan fingerprint density at radius 2 is 1.65 bits per heavy atom. The van der Waals surface area contributed by atoms with Gasteiger partial charge in [-0.1, -0.05) is 85.8 Å². The Bertz CT molecular complexity index is 2200. The lowest BCUT2D eigenvalue weighted by atomic mass is 9.73. The summed E-state index contributed by atoms with van der Waals surface area (Å²) in [6.45, 7) is 13.3. The van der Waals surface area contributed by atoms with Gasteiger partial charge in [0.05, 0.1) is 18.7 Å². The summed E-state index contributed by atoms with van der Waals surface area (Å²) in [7, 11) is -4.34. The summed E-state index contributed by atoms with van der Waals surface area (Å²) in [6, 6.07) is 3.58. The SMILES string of the molecule is CC[C@@H]1C[C@]1(NC(=O)[C@@H]1C[C@@]2(CN1C(=O)[C@@H](NC(=O)[C@@H](NC(=O)OC1CCOCC1)C1CCCCC1)C(C)(C)C)C(C)(C)C21CCC1)C(=O)NS(=O)(=O)c1cccc2cc[nH]c12. The van der Waals surface area contributed by atoms with Crippen molar-refractivity contribution in [1.82, 2.24) is 30.6 Å². The third-order valence-corrected chi connectivity index (χ3v) is 17.7. The van der Waals surface area contributed by atoms with Crippen LogP contribution < -0.4 is 20.7 Å². The van der Waals surface area contributed by atoms with Gasteiger partial charge in [-0.3, -0.25) is 19.2 Å². The third kappa shape index (κ3) is 7.47. The molecular formula is C46H66N6O9S. The Labute approximate surface area is 365 Å². The number of amides is 5. The van der Waals surface area contributed by atoms with Crippen molar-refractivity contribution >= 4 is 50.6 Å². The number of nitrogens with one attached hydrogen (secondary N) is 5. The van der Waals surface area contributed by atoms with E-state index in [1.54, 1.807) is 29.3 Å². The highest BCUT2D eigenvalue weighted by Gasteiger charge is 2.85. The van der Waals surface area contributed by atoms with Gasteiger partial charge in [-0.2, -0.15) is 0 Å². The van der Waals surface area contributed by atoms with Gasteiger partial charge in [-0.15, -0.1) is 0 Å². The number of hydrogen-bond donors (Lipinski definition) is 5. The van der Waals surface area contributed by atoms with Crippen LogP contribution in [0.25, 0.3) is 10.9 Å². The number of alkyl carbamates (subject to hydrolysis) is 1. The van der Waals surface area contributed by atoms with E-state index in [0.29, 0.717) is 56.3 Å². The fourth-order valence-electron chi connectivity index (χ4n) is 12.2. The minimum Gasteiger partial charge on any atom is -0.446 e. The van der Waals surface area contributed by atoms with Crippen LogP contribution >= 0.6 is 0 Å². The summed E-state index contributed by atoms with van der Waals surface area (Å²) in [6.07, 6.45) is 10.4. The zero-order valence-corrected chi connectivity index (χ0v) is 38.0. The second-order valence-corrected chi connectivity index (χ2v) is 22.4. The lowest BCUT2D eigenvalue weighted by Crippen LogP contribution is -2.62. The van der Waals surface area contributed by atoms with Crippen LogP contribution in [0.1, 0.15) is 125 Å². The van der Waals surface area contributed by atoms with E-state index >= 15 is 4.79 Å². The summed E-state index contributed by atoms with van der Waals surface area (Å²) in [5.41, 5.74) is -2.49. The molecule has 5 N–H and O–H groups in total. The molecule has 2 aliphatic heterocycles. The number of rotatable bonds is 12. The Hall–Kier alpha value is -4.18. The van der Waals surface area contributed by atoms with Gasteiger partial charge in [-0.05, 0) is 78.7 Å². The molecule has 2 aromatic rings. The van der Waals surface area contributed by atoms with Gasteiger partial charge in [0.1, 0.15) is 34.7 Å². The monoisotopic (exact) mass is 878 g/mol. The van der Waals surface area contributed by atoms with Gasteiger partial charge in [0.15, 0.2) is 0 Å². The first-order valence-corrected chi connectivity index (χ1v) is 24.4. The number of benzene rings is 1. The van der Waals surface area contributed by atoms with Crippen molar-refractivity contribution in [1.29, 1.82) is 0 Å². The molecule has 6 atom stereocenters. The molecule has 1 aromatic heterocycles. The van der Waals surface area contributed by atoms with Crippen LogP contribution in [0.2, 0.25) is 0 Å². The first-order chi connectivity index (χ1) is 29.3. The van der Waals surface area contributed by atoms with E-state index in [4.69, 9.17) is 9.47 Å². The van der Waals surface area contributed by atoms with E-state index in [1.165, 1.54) is 6.07 Å². The third-order valence-electron chi connectivity index (χ3n) is 16.3. The number of H-pyrrole nitrogens is 1. The molecule has 6 aliphatic rings. The number of sulfonamides is 1. The average Bonchev–Trinajstić information content (AvgIpc) is 3.73. The lowest BCUT2D eigenvalue weighted by molar-refractivity contribution is -0.145. The van der Waals surface area contributed by atoms with Crippen molar-refractivity contribution in [2.24, 2.45) is 33.5 Å². The van der Waals surface area contributed by atoms with Crippen LogP contribution in [0.15, 0.2) is 35.4 Å². The van der Waals surface area contributed by atoms with Crippen LogP contribution in [0.4, 0.5) is 4.79 Å². The van der Waals surface area contributed by atoms with Crippen LogP contribution in [0, 0.1) is 33.5 Å². The van der Waals surface area contributed by atoms with Crippen molar-refractivity contribution in [2.75, 3.05) is 19.8 Å². The number of fused-ring (bicyclic) bond motifs is 2. The molecule has 1 aromatic carbocycles. The minimum absolute atomic E-state index is 0.0393. The van der Waals surface area contributed by atoms with E-state index in [2.05, 4.69) is 39.5 Å². The molecule has 8 rings (SSSR count). The van der Waals surface area contributed by atoms with Gasteiger partial charge in [0.2, 0.25) is 17.7 Å². The Balaban J connectivity index is 1.05. The molecule has 4 saturated carbocycles. The van der Waals surface area contributed by atoms with Crippen LogP contribution in [0.5, 0.6) is 0 Å². The van der Waals surface area contributed by atoms with Gasteiger partial charge < -0.3 is 35.3 Å². The number of carbonyl (C=O) groups is 5. The number of para-hydroxylation sites is 1. The molecule has 4 aliphatic carbocycles. The predicted molar refractivity (Wildman–Crippen MR) is 231 cm³/mol. The molecular weight excluding hydrogens is 813 g/mol. The molecule has 62 heavy (non-hydrogen) atoms. The standard InChI is InChI=1S/C46H66N6O9S/c1-7-30-25-46(30,40(56)51-62(58,59)33-16-11-15-29-17-22-47-34(29)33)50-37(53)32-26-45(43(5,6)44(45)20-12-21-44)27-52(32)39(55)36(42(2,3)4)49-38(54)35(28-13-9-8-10-14-28)48-41(57)61-31-18-23-60-24-19-31/h11,15-17,22,28,30-32,35-36,47H,7-10,12-14,18-21,23-27H2,1-6H3,(H,48,57)(H,49,54)(H,50,53)(H,51,56)/t30-,32+,35+,36-,45-,46-/m1/s1. The number of hydrogen-bond acceptors (Lipinski definition) is 9. The van der Waals surface area contributed by atoms with E-state index in [9.17, 15) is 27.6 Å². The summed E-state index contributed by atoms with van der Waals surface area (Å²) in [5, 5.41) is 9.66. The number of aromatic nitrogens is 1. The zero-order valence-electron chi connectivity index (χ0n) is 37.2. The van der Waals surface area contributed by atoms with Gasteiger partial charge in [0, 0.05) is 36.4 Å². The van der Waals surface area contributed by atoms with Crippen LogP contribution in [0.3, 0.4) is 0 Å². The molecule has 340 valence electrons. The highest BCUT2D eigenvalue weighted by molar-refractivity contribution is 7.90. The number of aromatic amines is 1. The van der Waals surface area contributed by atoms with Gasteiger partial charge >= 0.3 is 6.09 Å². The molecule has 2 saturated heterocycles. The van der Waals surface area contributed by atoms with Crippen molar-refractivity contribution in [2.45, 2.75) is 160 Å². The van der Waals surface area contributed by atoms with Crippen molar-refractivity contribution in [3.63, 3.8) is 0 Å². The maximum atomic E-state index is 15.3. The van der Waals surface area contributed by atoms with E-state index in [1.807, 2.05) is 27.7 Å². The van der Waals surface area contributed by atoms with Crippen molar-refractivity contribution in [3.8, 4) is 0 Å². The Morgan fingerprint density at radius 3 is 2.26 bits per heavy atom. The molecule has 6 fully saturated rings. The number of carbonyl (C=O) groups excluding carboxylic acids is 5. The summed E-state index contributed by atoms with van der Waals surface area (Å²) >= 11 is 0. The van der Waals surface area contributed by atoms with Crippen LogP contribution in [-0.4, -0.2) is 97.6 Å². The topological polar surface area (TPSA) is 205 Å². The minimum atomic E-state index is -4.34. The largest absolute Gasteiger partial charge is 0.446 e. The van der Waals surface area contributed by atoms with E-state index < -0.39 is 68.8 Å². The molecule has 0 bridgehead atoms. The maximum Gasteiger partial charge on any atom is 0.408 e. The molecule has 16 heteroatoms. The van der Waals surface area contributed by atoms with Crippen molar-refractivity contribution < 1.29 is 41.9 Å². The zero-order chi connectivity index (χ0) is 44.5. The second-order valence-electron chi connectivity index (χ2n) is 20.8. The molecule has 15 nitrogen and oxygen atoms in total. The summed E-state index contributed by atoms with van der Waals surface area (Å²) < 4.78 is 40.9. The first-order valence-electron chi connectivity index (χ1n) is 22.9. The molecule has 3 heterocycles. The summed E-state index contributed by atoms with van der Waals surface area (Å²) in [4.78, 5) is 76.7. The fourth-order valence-corrected chi connectivity index (χ4v) is 13.5. The second kappa shape index (κ2) is 16.1. The molecule has 2 spiro atoms. The van der Waals surface area contributed by atoms with Crippen molar-refractivity contribution in [3.05, 3.63) is 30.5 Å².